The number of carbonyl (C=O) groups is 2. The smallest absolute Gasteiger partial charge is 0.242 e. The van der Waals surface area contributed by atoms with E-state index in [1.165, 1.54) is 0 Å². The summed E-state index contributed by atoms with van der Waals surface area (Å²) in [6.45, 7) is 4.18. The van der Waals surface area contributed by atoms with Gasteiger partial charge in [0.1, 0.15) is 6.04 Å². The van der Waals surface area contributed by atoms with Crippen molar-refractivity contribution in [2.45, 2.75) is 19.4 Å². The summed E-state index contributed by atoms with van der Waals surface area (Å²) < 4.78 is 4.82. The Kier molecular flexibility index (Phi) is 5.93. The summed E-state index contributed by atoms with van der Waals surface area (Å²) in [5.41, 5.74) is 0. The number of rotatable bonds is 6. The van der Waals surface area contributed by atoms with Crippen LogP contribution in [0.5, 0.6) is 0 Å². The van der Waals surface area contributed by atoms with E-state index in [0.29, 0.717) is 19.7 Å². The van der Waals surface area contributed by atoms with E-state index in [1.54, 1.807) is 14.0 Å². The molecule has 2 unspecified atom stereocenters. The molecule has 0 radical (unpaired) electrons. The highest BCUT2D eigenvalue weighted by Gasteiger charge is 2.25. The molecule has 1 heterocycles. The van der Waals surface area contributed by atoms with Gasteiger partial charge in [-0.15, -0.1) is 0 Å². The van der Waals surface area contributed by atoms with Crippen LogP contribution in [-0.2, 0) is 14.3 Å². The van der Waals surface area contributed by atoms with Gasteiger partial charge in [0, 0.05) is 20.2 Å². The Balaban J connectivity index is 2.24. The van der Waals surface area contributed by atoms with Crippen LogP contribution in [0.3, 0.4) is 0 Å². The van der Waals surface area contributed by atoms with Gasteiger partial charge in [-0.25, -0.2) is 0 Å². The van der Waals surface area contributed by atoms with Crippen molar-refractivity contribution in [2.75, 3.05) is 33.4 Å². The molecule has 0 aromatic rings. The molecule has 2 amide bonds. The fraction of sp³-hybridized carbons (Fsp3) is 0.818. The van der Waals surface area contributed by atoms with Gasteiger partial charge in [0.25, 0.3) is 0 Å². The largest absolute Gasteiger partial charge is 0.383 e. The standard InChI is InChI=1S/C11H21N3O3/c1-8(10(15)13-5-6-17-2)14-11(16)9-3-4-12-7-9/h8-9,12H,3-7H2,1-2H3,(H,13,15)(H,14,16). The molecular weight excluding hydrogens is 222 g/mol. The van der Waals surface area contributed by atoms with Gasteiger partial charge in [-0.3, -0.25) is 9.59 Å². The van der Waals surface area contributed by atoms with Crippen molar-refractivity contribution in [1.29, 1.82) is 0 Å². The second-order valence-corrected chi connectivity index (χ2v) is 4.20. The Morgan fingerprint density at radius 1 is 1.53 bits per heavy atom. The van der Waals surface area contributed by atoms with Gasteiger partial charge in [-0.2, -0.15) is 0 Å². The fourth-order valence-corrected chi connectivity index (χ4v) is 1.70. The molecule has 0 aliphatic carbocycles. The molecule has 6 nitrogen and oxygen atoms in total. The molecule has 2 atom stereocenters. The second-order valence-electron chi connectivity index (χ2n) is 4.20. The summed E-state index contributed by atoms with van der Waals surface area (Å²) in [4.78, 5) is 23.3. The maximum Gasteiger partial charge on any atom is 0.242 e. The van der Waals surface area contributed by atoms with Crippen molar-refractivity contribution in [3.63, 3.8) is 0 Å². The molecule has 98 valence electrons. The number of nitrogens with one attached hydrogen (secondary N) is 3. The first-order chi connectivity index (χ1) is 8.15. The Labute approximate surface area is 101 Å². The van der Waals surface area contributed by atoms with Gasteiger partial charge in [-0.1, -0.05) is 0 Å². The molecule has 0 aromatic heterocycles. The highest BCUT2D eigenvalue weighted by atomic mass is 16.5. The molecule has 1 saturated heterocycles. The van der Waals surface area contributed by atoms with Crippen molar-refractivity contribution in [2.24, 2.45) is 5.92 Å². The van der Waals surface area contributed by atoms with Gasteiger partial charge >= 0.3 is 0 Å². The van der Waals surface area contributed by atoms with Crippen molar-refractivity contribution in [1.82, 2.24) is 16.0 Å². The molecule has 0 spiro atoms. The predicted molar refractivity (Wildman–Crippen MR) is 63.5 cm³/mol. The summed E-state index contributed by atoms with van der Waals surface area (Å²) >= 11 is 0. The molecule has 1 aliphatic heterocycles. The van der Waals surface area contributed by atoms with E-state index in [1.807, 2.05) is 0 Å². The molecular formula is C11H21N3O3. The lowest BCUT2D eigenvalue weighted by atomic mass is 10.1. The van der Waals surface area contributed by atoms with Gasteiger partial charge < -0.3 is 20.7 Å². The SMILES string of the molecule is COCCNC(=O)C(C)NC(=O)C1CCNC1. The lowest BCUT2D eigenvalue weighted by Crippen LogP contribution is -2.47. The Morgan fingerprint density at radius 2 is 2.29 bits per heavy atom. The average Bonchev–Trinajstić information content (AvgIpc) is 2.82. The fourth-order valence-electron chi connectivity index (χ4n) is 1.70. The van der Waals surface area contributed by atoms with E-state index in [9.17, 15) is 9.59 Å². The molecule has 1 rings (SSSR count). The topological polar surface area (TPSA) is 79.5 Å². The van der Waals surface area contributed by atoms with Gasteiger partial charge in [-0.05, 0) is 19.9 Å². The van der Waals surface area contributed by atoms with Gasteiger partial charge in [0.2, 0.25) is 11.8 Å². The Bertz CT molecular complexity index is 265. The predicted octanol–water partition coefficient (Wildman–Crippen LogP) is -1.14. The zero-order valence-corrected chi connectivity index (χ0v) is 10.4. The maximum absolute atomic E-state index is 11.7. The average molecular weight is 243 g/mol. The molecule has 6 heteroatoms. The number of hydrogen-bond acceptors (Lipinski definition) is 4. The highest BCUT2D eigenvalue weighted by molar-refractivity contribution is 5.88. The van der Waals surface area contributed by atoms with Crippen LogP contribution in [0.2, 0.25) is 0 Å². The third-order valence-electron chi connectivity index (χ3n) is 2.79. The first-order valence-corrected chi connectivity index (χ1v) is 5.93. The first kappa shape index (κ1) is 13.9. The number of hydrogen-bond donors (Lipinski definition) is 3. The van der Waals surface area contributed by atoms with E-state index in [-0.39, 0.29) is 17.7 Å². The first-order valence-electron chi connectivity index (χ1n) is 5.93. The molecule has 0 aromatic carbocycles. The number of carbonyl (C=O) groups excluding carboxylic acids is 2. The molecule has 17 heavy (non-hydrogen) atoms. The van der Waals surface area contributed by atoms with Crippen LogP contribution in [0.4, 0.5) is 0 Å². The van der Waals surface area contributed by atoms with E-state index in [0.717, 1.165) is 13.0 Å². The summed E-state index contributed by atoms with van der Waals surface area (Å²) in [7, 11) is 1.57. The van der Waals surface area contributed by atoms with Crippen LogP contribution in [0.15, 0.2) is 0 Å². The summed E-state index contributed by atoms with van der Waals surface area (Å²) in [6.07, 6.45) is 0.837. The van der Waals surface area contributed by atoms with Crippen LogP contribution < -0.4 is 16.0 Å². The van der Waals surface area contributed by atoms with Crippen LogP contribution in [0, 0.1) is 5.92 Å². The number of methoxy groups -OCH3 is 1. The maximum atomic E-state index is 11.7. The van der Waals surface area contributed by atoms with Crippen LogP contribution in [0.25, 0.3) is 0 Å². The minimum atomic E-state index is -0.500. The van der Waals surface area contributed by atoms with Crippen molar-refractivity contribution >= 4 is 11.8 Å². The molecule has 1 aliphatic rings. The minimum absolute atomic E-state index is 0.00998. The third kappa shape index (κ3) is 4.70. The molecule has 1 fully saturated rings. The van der Waals surface area contributed by atoms with Crippen molar-refractivity contribution in [3.8, 4) is 0 Å². The van der Waals surface area contributed by atoms with Crippen LogP contribution >= 0.6 is 0 Å². The van der Waals surface area contributed by atoms with Crippen molar-refractivity contribution < 1.29 is 14.3 Å². The monoisotopic (exact) mass is 243 g/mol. The summed E-state index contributed by atoms with van der Waals surface area (Å²) in [5, 5.41) is 8.52. The lowest BCUT2D eigenvalue weighted by molar-refractivity contribution is -0.130. The summed E-state index contributed by atoms with van der Waals surface area (Å²) in [5.74, 6) is -0.241. The highest BCUT2D eigenvalue weighted by Crippen LogP contribution is 2.07. The molecule has 0 saturated carbocycles. The Hall–Kier alpha value is -1.14. The lowest BCUT2D eigenvalue weighted by Gasteiger charge is -2.16. The van der Waals surface area contributed by atoms with E-state index in [2.05, 4.69) is 16.0 Å². The normalized spacial score (nSPS) is 20.9. The number of amides is 2. The van der Waals surface area contributed by atoms with Gasteiger partial charge in [0.15, 0.2) is 0 Å². The zero-order valence-electron chi connectivity index (χ0n) is 10.4. The van der Waals surface area contributed by atoms with E-state index < -0.39 is 6.04 Å². The van der Waals surface area contributed by atoms with Crippen molar-refractivity contribution in [3.05, 3.63) is 0 Å². The van der Waals surface area contributed by atoms with Crippen LogP contribution in [-0.4, -0.2) is 51.2 Å². The third-order valence-corrected chi connectivity index (χ3v) is 2.79. The molecule has 0 bridgehead atoms. The zero-order chi connectivity index (χ0) is 12.7. The quantitative estimate of drug-likeness (QED) is 0.515. The minimum Gasteiger partial charge on any atom is -0.383 e. The van der Waals surface area contributed by atoms with E-state index in [4.69, 9.17) is 4.74 Å². The molecule has 3 N–H and O–H groups in total. The number of ether oxygens (including phenoxy) is 1. The van der Waals surface area contributed by atoms with E-state index >= 15 is 0 Å². The Morgan fingerprint density at radius 3 is 2.88 bits per heavy atom. The second kappa shape index (κ2) is 7.24. The summed E-state index contributed by atoms with van der Waals surface area (Å²) in [6, 6.07) is -0.500. The van der Waals surface area contributed by atoms with Crippen LogP contribution in [0.1, 0.15) is 13.3 Å². The van der Waals surface area contributed by atoms with Gasteiger partial charge in [0.05, 0.1) is 12.5 Å².